The first kappa shape index (κ1) is 13.1. The molecule has 0 aromatic heterocycles. The highest BCUT2D eigenvalue weighted by Gasteiger charge is 2.28. The molecule has 0 saturated carbocycles. The van der Waals surface area contributed by atoms with E-state index in [0.29, 0.717) is 6.10 Å². The van der Waals surface area contributed by atoms with Gasteiger partial charge in [-0.25, -0.2) is 18.6 Å². The van der Waals surface area contributed by atoms with E-state index in [1.165, 1.54) is 0 Å². The van der Waals surface area contributed by atoms with Gasteiger partial charge in [0.1, 0.15) is 12.6 Å². The number of likely N-dealkylation sites (N-methyl/N-ethyl adjacent to an activating group) is 1. The lowest BCUT2D eigenvalue weighted by Gasteiger charge is -2.22. The first-order chi connectivity index (χ1) is 5.58. The van der Waals surface area contributed by atoms with Crippen LogP contribution in [-0.4, -0.2) is 44.9 Å². The van der Waals surface area contributed by atoms with Gasteiger partial charge in [0.15, 0.2) is 0 Å². The van der Waals surface area contributed by atoms with Crippen LogP contribution in [0.4, 0.5) is 0 Å². The molecule has 1 unspecified atom stereocenters. The van der Waals surface area contributed by atoms with Crippen LogP contribution in [0.15, 0.2) is 0 Å². The minimum Gasteiger partial charge on any atom is -0.367 e. The summed E-state index contributed by atoms with van der Waals surface area (Å²) in [7, 11) is 1.60. The van der Waals surface area contributed by atoms with E-state index < -0.39 is 10.2 Å². The molecule has 1 rings (SSSR count). The van der Waals surface area contributed by atoms with Gasteiger partial charge in [-0.05, 0) is 0 Å². The van der Waals surface area contributed by atoms with Crippen LogP contribution in [0.1, 0.15) is 0 Å². The van der Waals surface area contributed by atoms with Crippen molar-refractivity contribution in [3.63, 3.8) is 0 Å². The Morgan fingerprint density at radius 2 is 1.54 bits per heavy atom. The van der Waals surface area contributed by atoms with E-state index in [0.717, 1.165) is 17.6 Å². The molecule has 6 nitrogen and oxygen atoms in total. The Balaban J connectivity index is 0.000000252. The quantitative estimate of drug-likeness (QED) is 0.340. The maximum atomic E-state index is 8.49. The third-order valence-electron chi connectivity index (χ3n) is 1.15. The first-order valence-electron chi connectivity index (χ1n) is 3.62. The zero-order chi connectivity index (χ0) is 10.7. The van der Waals surface area contributed by atoms with E-state index in [1.807, 2.05) is 0 Å². The Hall–Kier alpha value is 0.0500. The van der Waals surface area contributed by atoms with Gasteiger partial charge in [-0.15, -0.1) is 10.2 Å². The normalized spacial score (nSPS) is 21.9. The van der Waals surface area contributed by atoms with Crippen LogP contribution < -0.4 is 18.6 Å². The SMILES string of the molecule is C[N+](C)(C)CC1CO1.[O-][Cl+3]([O-])([O-])[O-]. The molecule has 1 atom stereocenters. The van der Waals surface area contributed by atoms with E-state index in [2.05, 4.69) is 21.1 Å². The highest BCUT2D eigenvalue weighted by molar-refractivity contribution is 4.66. The van der Waals surface area contributed by atoms with Crippen molar-refractivity contribution in [1.29, 1.82) is 0 Å². The Labute approximate surface area is 79.3 Å². The summed E-state index contributed by atoms with van der Waals surface area (Å²) in [6, 6.07) is 0. The van der Waals surface area contributed by atoms with Gasteiger partial charge < -0.3 is 9.22 Å². The molecule has 0 spiro atoms. The molecule has 0 aliphatic carbocycles. The summed E-state index contributed by atoms with van der Waals surface area (Å²) in [5.41, 5.74) is 0. The number of halogens is 1. The molecule has 0 bridgehead atoms. The zero-order valence-corrected chi connectivity index (χ0v) is 8.61. The Kier molecular flexibility index (Phi) is 4.53. The molecule has 80 valence electrons. The van der Waals surface area contributed by atoms with Crippen molar-refractivity contribution in [1.82, 2.24) is 0 Å². The molecule has 0 N–H and O–H groups in total. The van der Waals surface area contributed by atoms with E-state index in [9.17, 15) is 0 Å². The van der Waals surface area contributed by atoms with Gasteiger partial charge in [-0.2, -0.15) is 0 Å². The summed E-state index contributed by atoms with van der Waals surface area (Å²) in [5, 5.41) is 0. The zero-order valence-electron chi connectivity index (χ0n) is 7.86. The molecular formula is C6H14ClNO5. The molecule has 1 aliphatic rings. The fourth-order valence-corrected chi connectivity index (χ4v) is 0.784. The highest BCUT2D eigenvalue weighted by atomic mass is 35.7. The number of ether oxygens (including phenoxy) is 1. The number of hydrogen-bond acceptors (Lipinski definition) is 5. The molecule has 0 aromatic carbocycles. The number of quaternary nitrogens is 1. The van der Waals surface area contributed by atoms with E-state index >= 15 is 0 Å². The largest absolute Gasteiger partial charge is 0.367 e. The topological polar surface area (TPSA) is 105 Å². The fourth-order valence-electron chi connectivity index (χ4n) is 0.784. The van der Waals surface area contributed by atoms with Gasteiger partial charge in [0.05, 0.1) is 27.7 Å². The molecule has 1 aliphatic heterocycles. The third kappa shape index (κ3) is 18.8. The van der Waals surface area contributed by atoms with Gasteiger partial charge in [0.25, 0.3) is 0 Å². The Bertz CT molecular complexity index is 142. The van der Waals surface area contributed by atoms with Gasteiger partial charge in [0.2, 0.25) is 0 Å². The number of nitrogens with zero attached hydrogens (tertiary/aromatic N) is 1. The third-order valence-corrected chi connectivity index (χ3v) is 1.15. The van der Waals surface area contributed by atoms with Crippen molar-refractivity contribution in [3.8, 4) is 0 Å². The minimum absolute atomic E-state index is 0.565. The smallest absolute Gasteiger partial charge is 0.130 e. The molecule has 1 saturated heterocycles. The highest BCUT2D eigenvalue weighted by Crippen LogP contribution is 2.11. The van der Waals surface area contributed by atoms with Crippen LogP contribution in [0.5, 0.6) is 0 Å². The van der Waals surface area contributed by atoms with Crippen LogP contribution in [0.3, 0.4) is 0 Å². The van der Waals surface area contributed by atoms with Crippen LogP contribution in [0, 0.1) is 10.2 Å². The average Bonchev–Trinajstić information content (AvgIpc) is 2.38. The van der Waals surface area contributed by atoms with Crippen molar-refractivity contribution in [2.75, 3.05) is 34.3 Å². The summed E-state index contributed by atoms with van der Waals surface area (Å²) < 4.78 is 40.1. The predicted octanol–water partition coefficient (Wildman–Crippen LogP) is -4.66. The standard InChI is InChI=1S/C6H14NO.ClHO4/c1-7(2,3)4-6-5-8-6;2-1(3,4)5/h6H,4-5H2,1-3H3;(H,2,3,4,5)/q+1;/p-1. The summed E-state index contributed by atoms with van der Waals surface area (Å²) in [4.78, 5) is 0. The average molecular weight is 216 g/mol. The molecular weight excluding hydrogens is 202 g/mol. The van der Waals surface area contributed by atoms with Crippen molar-refractivity contribution in [2.24, 2.45) is 0 Å². The van der Waals surface area contributed by atoms with Crippen LogP contribution in [-0.2, 0) is 4.74 Å². The van der Waals surface area contributed by atoms with Gasteiger partial charge in [0, 0.05) is 0 Å². The number of epoxide rings is 1. The lowest BCUT2D eigenvalue weighted by Crippen LogP contribution is -2.68. The maximum Gasteiger partial charge on any atom is 0.130 e. The predicted molar refractivity (Wildman–Crippen MR) is 32.6 cm³/mol. The van der Waals surface area contributed by atoms with Gasteiger partial charge in [-0.3, -0.25) is 0 Å². The first-order valence-corrected chi connectivity index (χ1v) is 4.85. The second kappa shape index (κ2) is 4.52. The molecule has 0 amide bonds. The lowest BCUT2D eigenvalue weighted by atomic mass is 10.4. The van der Waals surface area contributed by atoms with E-state index in [-0.39, 0.29) is 0 Å². The van der Waals surface area contributed by atoms with Gasteiger partial charge in [-0.1, -0.05) is 0 Å². The molecule has 7 heteroatoms. The fraction of sp³-hybridized carbons (Fsp3) is 1.00. The van der Waals surface area contributed by atoms with Crippen LogP contribution in [0.2, 0.25) is 0 Å². The Morgan fingerprint density at radius 3 is 1.62 bits per heavy atom. The summed E-state index contributed by atoms with van der Waals surface area (Å²) in [6.45, 7) is 2.13. The summed E-state index contributed by atoms with van der Waals surface area (Å²) in [6.07, 6.45) is 0.565. The molecule has 13 heavy (non-hydrogen) atoms. The number of rotatable bonds is 2. The van der Waals surface area contributed by atoms with E-state index in [4.69, 9.17) is 23.4 Å². The molecule has 1 fully saturated rings. The molecule has 0 aromatic rings. The van der Waals surface area contributed by atoms with Crippen molar-refractivity contribution in [2.45, 2.75) is 6.10 Å². The minimum atomic E-state index is -4.94. The second-order valence-electron chi connectivity index (χ2n) is 3.81. The lowest BCUT2D eigenvalue weighted by molar-refractivity contribution is -2.00. The molecule has 1 heterocycles. The van der Waals surface area contributed by atoms with Crippen molar-refractivity contribution in [3.05, 3.63) is 0 Å². The Morgan fingerprint density at radius 1 is 1.23 bits per heavy atom. The summed E-state index contributed by atoms with van der Waals surface area (Å²) in [5.74, 6) is 0. The van der Waals surface area contributed by atoms with Crippen molar-refractivity contribution < 1.29 is 38.1 Å². The number of hydrogen-bond donors (Lipinski definition) is 0. The summed E-state index contributed by atoms with van der Waals surface area (Å²) >= 11 is 0. The van der Waals surface area contributed by atoms with Crippen molar-refractivity contribution >= 4 is 0 Å². The maximum absolute atomic E-state index is 8.49. The molecule has 0 radical (unpaired) electrons. The van der Waals surface area contributed by atoms with E-state index in [1.54, 1.807) is 0 Å². The monoisotopic (exact) mass is 215 g/mol. The van der Waals surface area contributed by atoms with Crippen LogP contribution >= 0.6 is 0 Å². The van der Waals surface area contributed by atoms with Crippen LogP contribution in [0.25, 0.3) is 0 Å². The van der Waals surface area contributed by atoms with Gasteiger partial charge >= 0.3 is 0 Å². The second-order valence-corrected chi connectivity index (χ2v) is 4.56.